The normalized spacial score (nSPS) is 9.86. The van der Waals surface area contributed by atoms with E-state index in [0.717, 1.165) is 0 Å². The zero-order valence-corrected chi connectivity index (χ0v) is 12.1. The predicted octanol–water partition coefficient (Wildman–Crippen LogP) is 2.58. The fourth-order valence-corrected chi connectivity index (χ4v) is 2.33. The van der Waals surface area contributed by atoms with Gasteiger partial charge in [0, 0.05) is 12.0 Å². The Balaban J connectivity index is 2.08. The fraction of sp³-hybridized carbons (Fsp3) is 0.200. The van der Waals surface area contributed by atoms with Crippen molar-refractivity contribution in [2.45, 2.75) is 13.3 Å². The number of halogens is 1. The second-order valence-electron chi connectivity index (χ2n) is 4.22. The van der Waals surface area contributed by atoms with E-state index in [4.69, 9.17) is 5.11 Å². The molecular formula is C15H13FN2O2S. The predicted molar refractivity (Wildman–Crippen MR) is 79.8 cm³/mol. The zero-order valence-electron chi connectivity index (χ0n) is 11.3. The fourth-order valence-electron chi connectivity index (χ4n) is 1.64. The number of aliphatic hydroxyl groups is 1. The van der Waals surface area contributed by atoms with E-state index in [9.17, 15) is 9.18 Å². The van der Waals surface area contributed by atoms with Gasteiger partial charge in [-0.1, -0.05) is 23.2 Å². The first kappa shape index (κ1) is 15.2. The van der Waals surface area contributed by atoms with Crippen LogP contribution in [0.4, 0.5) is 9.52 Å². The van der Waals surface area contributed by atoms with Crippen LogP contribution in [0.2, 0.25) is 0 Å². The smallest absolute Gasteiger partial charge is 0.257 e. The molecule has 0 aliphatic heterocycles. The van der Waals surface area contributed by atoms with Crippen LogP contribution in [0.25, 0.3) is 0 Å². The quantitative estimate of drug-likeness (QED) is 0.857. The summed E-state index contributed by atoms with van der Waals surface area (Å²) in [5, 5.41) is 11.7. The Labute approximate surface area is 125 Å². The lowest BCUT2D eigenvalue weighted by Gasteiger charge is -2.04. The van der Waals surface area contributed by atoms with Gasteiger partial charge >= 0.3 is 0 Å². The van der Waals surface area contributed by atoms with Gasteiger partial charge in [0.25, 0.3) is 5.91 Å². The van der Waals surface area contributed by atoms with Gasteiger partial charge in [0.1, 0.15) is 5.82 Å². The molecule has 108 valence electrons. The Morgan fingerprint density at radius 3 is 3.05 bits per heavy atom. The Hall–Kier alpha value is -2.23. The van der Waals surface area contributed by atoms with Crippen LogP contribution in [0, 0.1) is 24.6 Å². The van der Waals surface area contributed by atoms with Crippen molar-refractivity contribution >= 4 is 22.4 Å². The summed E-state index contributed by atoms with van der Waals surface area (Å²) in [6, 6.07) is 3.99. The summed E-state index contributed by atoms with van der Waals surface area (Å²) >= 11 is 1.24. The largest absolute Gasteiger partial charge is 0.395 e. The van der Waals surface area contributed by atoms with Gasteiger partial charge in [-0.15, -0.1) is 0 Å². The van der Waals surface area contributed by atoms with Crippen molar-refractivity contribution in [2.75, 3.05) is 11.9 Å². The zero-order chi connectivity index (χ0) is 15.2. The molecule has 1 heterocycles. The van der Waals surface area contributed by atoms with Crippen LogP contribution < -0.4 is 5.32 Å². The van der Waals surface area contributed by atoms with Crippen LogP contribution in [0.1, 0.15) is 27.2 Å². The summed E-state index contributed by atoms with van der Waals surface area (Å²) in [5.41, 5.74) is 0.964. The van der Waals surface area contributed by atoms with E-state index >= 15 is 0 Å². The number of nitrogens with one attached hydrogen (secondary N) is 1. The number of thiazole rings is 1. The van der Waals surface area contributed by atoms with Crippen LogP contribution in [0.5, 0.6) is 0 Å². The van der Waals surface area contributed by atoms with E-state index in [1.807, 2.05) is 0 Å². The van der Waals surface area contributed by atoms with Gasteiger partial charge in [0.05, 0.1) is 17.7 Å². The van der Waals surface area contributed by atoms with E-state index in [0.29, 0.717) is 27.6 Å². The number of hydrogen-bond acceptors (Lipinski definition) is 4. The molecule has 21 heavy (non-hydrogen) atoms. The van der Waals surface area contributed by atoms with E-state index in [2.05, 4.69) is 22.1 Å². The molecular weight excluding hydrogens is 291 g/mol. The first-order valence-corrected chi connectivity index (χ1v) is 7.05. The molecule has 2 aromatic rings. The number of anilines is 1. The minimum absolute atomic E-state index is 0.0131. The van der Waals surface area contributed by atoms with Gasteiger partial charge < -0.3 is 5.11 Å². The molecule has 0 spiro atoms. The Morgan fingerprint density at radius 2 is 2.33 bits per heavy atom. The van der Waals surface area contributed by atoms with Crippen LogP contribution >= 0.6 is 11.3 Å². The number of carbonyl (C=O) groups excluding carboxylic acids is 1. The van der Waals surface area contributed by atoms with Crippen molar-refractivity contribution in [1.82, 2.24) is 4.98 Å². The summed E-state index contributed by atoms with van der Waals surface area (Å²) in [4.78, 5) is 16.8. The maximum atomic E-state index is 13.0. The lowest BCUT2D eigenvalue weighted by molar-refractivity contribution is 0.102. The average Bonchev–Trinajstić information content (AvgIpc) is 2.86. The monoisotopic (exact) mass is 304 g/mol. The number of benzene rings is 1. The molecule has 1 aromatic carbocycles. The summed E-state index contributed by atoms with van der Waals surface area (Å²) < 4.78 is 13.0. The molecule has 4 nitrogen and oxygen atoms in total. The van der Waals surface area contributed by atoms with Gasteiger partial charge in [-0.3, -0.25) is 10.1 Å². The minimum Gasteiger partial charge on any atom is -0.395 e. The lowest BCUT2D eigenvalue weighted by atomic mass is 10.1. The molecule has 0 saturated heterocycles. The number of amides is 1. The molecule has 6 heteroatoms. The van der Waals surface area contributed by atoms with E-state index in [1.54, 1.807) is 13.1 Å². The highest BCUT2D eigenvalue weighted by molar-refractivity contribution is 7.16. The maximum Gasteiger partial charge on any atom is 0.257 e. The average molecular weight is 304 g/mol. The van der Waals surface area contributed by atoms with E-state index in [-0.39, 0.29) is 18.3 Å². The third-order valence-electron chi connectivity index (χ3n) is 2.61. The topological polar surface area (TPSA) is 62.2 Å². The van der Waals surface area contributed by atoms with Crippen molar-refractivity contribution in [2.24, 2.45) is 0 Å². The molecule has 1 aromatic heterocycles. The van der Waals surface area contributed by atoms with Gasteiger partial charge in [0.15, 0.2) is 5.13 Å². The summed E-state index contributed by atoms with van der Waals surface area (Å²) in [5.74, 6) is 4.91. The first-order valence-electron chi connectivity index (χ1n) is 6.23. The van der Waals surface area contributed by atoms with Crippen molar-refractivity contribution in [3.8, 4) is 11.8 Å². The molecule has 0 aliphatic carbocycles. The number of hydrogen-bond donors (Lipinski definition) is 2. The van der Waals surface area contributed by atoms with Gasteiger partial charge in [-0.25, -0.2) is 9.37 Å². The van der Waals surface area contributed by atoms with E-state index < -0.39 is 0 Å². The van der Waals surface area contributed by atoms with Crippen molar-refractivity contribution in [3.63, 3.8) is 0 Å². The molecule has 0 radical (unpaired) electrons. The van der Waals surface area contributed by atoms with Crippen LogP contribution in [-0.4, -0.2) is 22.6 Å². The highest BCUT2D eigenvalue weighted by atomic mass is 32.1. The summed E-state index contributed by atoms with van der Waals surface area (Å²) in [6.07, 6.45) is 1.95. The Morgan fingerprint density at radius 1 is 1.52 bits per heavy atom. The molecule has 0 fully saturated rings. The standard InChI is InChI=1S/C15H13FN2O2S/c1-10-8-11(16)5-6-13(10)14(20)18-15-17-9-12(21-15)4-2-3-7-19/h5-6,8-9,19H,3,7H2,1H3,(H,17,18,20). The van der Waals surface area contributed by atoms with Gasteiger partial charge in [-0.2, -0.15) is 0 Å². The van der Waals surface area contributed by atoms with Gasteiger partial charge in [-0.05, 0) is 30.7 Å². The van der Waals surface area contributed by atoms with Crippen LogP contribution in [-0.2, 0) is 0 Å². The SMILES string of the molecule is Cc1cc(F)ccc1C(=O)Nc1ncc(C#CCCO)s1. The highest BCUT2D eigenvalue weighted by Crippen LogP contribution is 2.19. The number of aromatic nitrogens is 1. The molecule has 0 aliphatic rings. The van der Waals surface area contributed by atoms with Crippen molar-refractivity contribution in [1.29, 1.82) is 0 Å². The van der Waals surface area contributed by atoms with Crippen molar-refractivity contribution in [3.05, 3.63) is 46.2 Å². The first-order chi connectivity index (χ1) is 10.1. The Kier molecular flexibility index (Phi) is 5.04. The summed E-state index contributed by atoms with van der Waals surface area (Å²) in [7, 11) is 0. The number of rotatable bonds is 3. The molecule has 2 rings (SSSR count). The molecule has 0 saturated carbocycles. The molecule has 1 amide bonds. The molecule has 0 atom stereocenters. The Bertz CT molecular complexity index is 716. The number of carbonyl (C=O) groups is 1. The second kappa shape index (κ2) is 6.97. The minimum atomic E-state index is -0.375. The van der Waals surface area contributed by atoms with Gasteiger partial charge in [0.2, 0.25) is 0 Å². The number of aliphatic hydroxyl groups excluding tert-OH is 1. The number of aryl methyl sites for hydroxylation is 1. The third kappa shape index (κ3) is 4.12. The highest BCUT2D eigenvalue weighted by Gasteiger charge is 2.11. The van der Waals surface area contributed by atoms with Crippen LogP contribution in [0.15, 0.2) is 24.4 Å². The number of nitrogens with zero attached hydrogens (tertiary/aromatic N) is 1. The lowest BCUT2D eigenvalue weighted by Crippen LogP contribution is -2.13. The second-order valence-corrected chi connectivity index (χ2v) is 5.25. The molecule has 2 N–H and O–H groups in total. The maximum absolute atomic E-state index is 13.0. The molecule has 0 bridgehead atoms. The summed E-state index contributed by atoms with van der Waals surface area (Å²) in [6.45, 7) is 1.69. The van der Waals surface area contributed by atoms with Crippen molar-refractivity contribution < 1.29 is 14.3 Å². The van der Waals surface area contributed by atoms with Crippen LogP contribution in [0.3, 0.4) is 0 Å². The van der Waals surface area contributed by atoms with E-state index in [1.165, 1.54) is 29.5 Å². The third-order valence-corrected chi connectivity index (χ3v) is 3.44. The molecule has 0 unspecified atom stereocenters.